The van der Waals surface area contributed by atoms with Crippen molar-refractivity contribution in [3.8, 4) is 0 Å². The van der Waals surface area contributed by atoms with Crippen molar-refractivity contribution < 1.29 is 62.9 Å². The molecule has 2 unspecified atom stereocenters. The summed E-state index contributed by atoms with van der Waals surface area (Å²) in [5, 5.41) is 0. The van der Waals surface area contributed by atoms with E-state index in [4.69, 9.17) is 23.0 Å². The van der Waals surface area contributed by atoms with Crippen molar-refractivity contribution in [3.63, 3.8) is 0 Å². The van der Waals surface area contributed by atoms with Crippen molar-refractivity contribution in [1.29, 1.82) is 0 Å². The monoisotopic (exact) mass is 469 g/mol. The molecule has 3 N–H and O–H groups in total. The van der Waals surface area contributed by atoms with E-state index in [9.17, 15) is 27.1 Å². The summed E-state index contributed by atoms with van der Waals surface area (Å²) in [6.45, 7) is -0.674. The van der Waals surface area contributed by atoms with Gasteiger partial charge in [-0.2, -0.15) is 22.3 Å². The normalized spacial score (nSPS) is 18.6. The smallest absolute Gasteiger partial charge is 0.452 e. The van der Waals surface area contributed by atoms with Crippen molar-refractivity contribution in [1.82, 2.24) is 0 Å². The zero-order valence-corrected chi connectivity index (χ0v) is 16.8. The highest BCUT2D eigenvalue weighted by atomic mass is 31.3. The molecule has 11 nitrogen and oxygen atoms in total. The number of phosphoric acid groups is 2. The van der Waals surface area contributed by atoms with Gasteiger partial charge in [-0.3, -0.25) is 4.52 Å². The van der Waals surface area contributed by atoms with E-state index in [1.54, 1.807) is 0 Å². The van der Waals surface area contributed by atoms with Crippen LogP contribution >= 0.6 is 15.6 Å². The number of hydrogen-bond acceptors (Lipinski definition) is 6. The van der Waals surface area contributed by atoms with Gasteiger partial charge in [0.25, 0.3) is 0 Å². The lowest BCUT2D eigenvalue weighted by molar-refractivity contribution is -0.153. The Hall–Kier alpha value is -1.62. The summed E-state index contributed by atoms with van der Waals surface area (Å²) in [4.78, 5) is 39.2. The second-order valence-corrected chi connectivity index (χ2v) is 8.11. The van der Waals surface area contributed by atoms with E-state index < -0.39 is 46.7 Å². The second-order valence-electron chi connectivity index (χ2n) is 5.35. The van der Waals surface area contributed by atoms with E-state index in [-0.39, 0.29) is 18.4 Å². The van der Waals surface area contributed by atoms with Crippen molar-refractivity contribution in [2.45, 2.75) is 32.9 Å². The lowest BCUT2D eigenvalue weighted by atomic mass is 10.1. The number of phosphoric ester groups is 1. The molecule has 0 bridgehead atoms. The van der Waals surface area contributed by atoms with Gasteiger partial charge in [0.2, 0.25) is 0 Å². The number of carbonyl (C=O) groups excluding carboxylic acids is 1. The van der Waals surface area contributed by atoms with E-state index >= 15 is 0 Å². The molecule has 0 aromatic rings. The molecule has 0 aliphatic carbocycles. The second kappa shape index (κ2) is 11.5. The van der Waals surface area contributed by atoms with Gasteiger partial charge < -0.3 is 24.9 Å². The topological polar surface area (TPSA) is 176 Å². The summed E-state index contributed by atoms with van der Waals surface area (Å²) in [5.41, 5.74) is 6.70. The SMILES string of the molecule is [2H]C([3H])(/C=C(\C)CC/C=C(\C)COC(=O)C(=[N+]=[N-])C(F)(F)F)OP(=O)(O)OP(=O)(O)O. The van der Waals surface area contributed by atoms with Gasteiger partial charge in [-0.15, -0.1) is 0 Å². The number of alkyl halides is 3. The van der Waals surface area contributed by atoms with E-state index in [0.29, 0.717) is 5.57 Å². The maximum Gasteiger partial charge on any atom is 0.503 e. The van der Waals surface area contributed by atoms with E-state index in [2.05, 4.69) is 13.6 Å². The fraction of sp³-hybridized carbons (Fsp3) is 0.538. The van der Waals surface area contributed by atoms with Crippen LogP contribution in [0.4, 0.5) is 13.2 Å². The lowest BCUT2D eigenvalue weighted by Crippen LogP contribution is -2.33. The average Bonchev–Trinajstić information content (AvgIpc) is 2.47. The zero-order chi connectivity index (χ0) is 24.7. The first-order chi connectivity index (χ1) is 13.8. The largest absolute Gasteiger partial charge is 0.503 e. The number of esters is 1. The van der Waals surface area contributed by atoms with E-state index in [1.807, 2.05) is 4.79 Å². The quantitative estimate of drug-likeness (QED) is 0.103. The molecular weight excluding hydrogens is 447 g/mol. The summed E-state index contributed by atoms with van der Waals surface area (Å²) in [5.74, 6) is -1.88. The highest BCUT2D eigenvalue weighted by Gasteiger charge is 2.51. The van der Waals surface area contributed by atoms with Gasteiger partial charge in [-0.25, -0.2) is 13.9 Å². The van der Waals surface area contributed by atoms with Crippen molar-refractivity contribution in [3.05, 3.63) is 28.8 Å². The Balaban J connectivity index is 4.82. The van der Waals surface area contributed by atoms with Crippen LogP contribution in [0.5, 0.6) is 0 Å². The molecule has 0 saturated heterocycles. The van der Waals surface area contributed by atoms with Gasteiger partial charge in [0.1, 0.15) is 6.61 Å². The number of halogens is 3. The Morgan fingerprint density at radius 2 is 1.86 bits per heavy atom. The molecule has 0 aliphatic rings. The van der Waals surface area contributed by atoms with Gasteiger partial charge in [-0.1, -0.05) is 17.7 Å². The molecular formula is C13H19F3N2O9P2. The van der Waals surface area contributed by atoms with Gasteiger partial charge in [0.05, 0.1) is 9.30 Å². The number of hydrogen-bond donors (Lipinski definition) is 3. The van der Waals surface area contributed by atoms with Crippen molar-refractivity contribution in [2.24, 2.45) is 0 Å². The third-order valence-corrected chi connectivity index (χ3v) is 4.72. The number of rotatable bonds is 11. The minimum absolute atomic E-state index is 0.120. The van der Waals surface area contributed by atoms with Crippen molar-refractivity contribution >= 4 is 27.3 Å². The Kier molecular flexibility index (Phi) is 9.41. The first-order valence-corrected chi connectivity index (χ1v) is 10.4. The van der Waals surface area contributed by atoms with Crippen LogP contribution < -0.4 is 0 Å². The molecule has 0 radical (unpaired) electrons. The van der Waals surface area contributed by atoms with E-state index in [0.717, 1.165) is 6.08 Å². The van der Waals surface area contributed by atoms with Crippen LogP contribution in [0.3, 0.4) is 0 Å². The molecule has 29 heavy (non-hydrogen) atoms. The predicted molar refractivity (Wildman–Crippen MR) is 91.3 cm³/mol. The summed E-state index contributed by atoms with van der Waals surface area (Å²) >= 11 is 0. The highest BCUT2D eigenvalue weighted by Crippen LogP contribution is 2.57. The van der Waals surface area contributed by atoms with Gasteiger partial charge in [-0.05, 0) is 32.3 Å². The Morgan fingerprint density at radius 3 is 2.34 bits per heavy atom. The molecule has 0 spiro atoms. The Bertz CT molecular complexity index is 880. The van der Waals surface area contributed by atoms with Crippen LogP contribution in [-0.2, 0) is 27.5 Å². The molecule has 0 heterocycles. The molecule has 0 aromatic carbocycles. The molecule has 0 aromatic heterocycles. The van der Waals surface area contributed by atoms with Gasteiger partial charge in [0.15, 0.2) is 0 Å². The summed E-state index contributed by atoms with van der Waals surface area (Å²) in [7, 11) is -10.8. The molecule has 0 amide bonds. The number of nitrogens with zero attached hydrogens (tertiary/aromatic N) is 2. The maximum atomic E-state index is 12.4. The fourth-order valence-corrected chi connectivity index (χ4v) is 2.88. The van der Waals surface area contributed by atoms with Crippen LogP contribution in [0.2, 0.25) is 0 Å². The first-order valence-electron chi connectivity index (χ1n) is 8.39. The van der Waals surface area contributed by atoms with Crippen LogP contribution in [0.15, 0.2) is 23.3 Å². The number of allylic oxidation sites excluding steroid dienone is 2. The van der Waals surface area contributed by atoms with E-state index in [1.165, 1.54) is 19.9 Å². The molecule has 16 heteroatoms. The predicted octanol–water partition coefficient (Wildman–Crippen LogP) is 2.66. The minimum atomic E-state index is -5.43. The average molecular weight is 469 g/mol. The minimum Gasteiger partial charge on any atom is -0.452 e. The molecule has 0 rings (SSSR count). The molecule has 0 aliphatic heterocycles. The molecule has 0 saturated carbocycles. The van der Waals surface area contributed by atoms with Crippen LogP contribution in [-0.4, -0.2) is 50.5 Å². The summed E-state index contributed by atoms with van der Waals surface area (Å²) < 4.78 is 86.0. The molecule has 0 fully saturated rings. The zero-order valence-electron chi connectivity index (χ0n) is 17.0. The highest BCUT2D eigenvalue weighted by molar-refractivity contribution is 7.60. The number of carbonyl (C=O) groups is 1. The first kappa shape index (κ1) is 23.7. The Morgan fingerprint density at radius 1 is 1.28 bits per heavy atom. The van der Waals surface area contributed by atoms with Gasteiger partial charge >= 0.3 is 33.5 Å². The third-order valence-electron chi connectivity index (χ3n) is 2.71. The summed E-state index contributed by atoms with van der Waals surface area (Å²) in [6.07, 6.45) is -2.71. The summed E-state index contributed by atoms with van der Waals surface area (Å²) in [6, 6.07) is 0. The van der Waals surface area contributed by atoms with Gasteiger partial charge in [0, 0.05) is 0 Å². The maximum absolute atomic E-state index is 12.4. The van der Waals surface area contributed by atoms with Crippen LogP contribution in [0.1, 0.15) is 29.4 Å². The number of ether oxygens (including phenoxy) is 1. The Labute approximate surface area is 166 Å². The molecule has 166 valence electrons. The fourth-order valence-electron chi connectivity index (χ4n) is 1.48. The lowest BCUT2D eigenvalue weighted by Gasteiger charge is -2.11. The third kappa shape index (κ3) is 13.3. The van der Waals surface area contributed by atoms with Crippen molar-refractivity contribution in [2.75, 3.05) is 13.2 Å². The van der Waals surface area contributed by atoms with Crippen LogP contribution in [0, 0.1) is 0 Å². The van der Waals surface area contributed by atoms with Crippen LogP contribution in [0.25, 0.3) is 5.53 Å². The standard InChI is InChI=1S/C13H19F3N2O9P2/c1-9(6-7-26-29(23,24)27-28(20,21)22)4-3-5-10(2)8-25-12(19)11(18-17)13(14,15)16/h5-6H,3-4,7-8H2,1-2H3,(H,23,24)(H2,20,21,22)/b9-6+,10-5+/i7TD. The molecule has 2 atom stereocenters.